The topological polar surface area (TPSA) is 64.7 Å². The zero-order chi connectivity index (χ0) is 17.6. The normalized spacial score (nSPS) is 18.6. The maximum atomic E-state index is 11.1. The highest BCUT2D eigenvalue weighted by atomic mass is 16.6. The maximum absolute atomic E-state index is 11.1. The van der Waals surface area contributed by atoms with E-state index in [1.807, 2.05) is 42.8 Å². The van der Waals surface area contributed by atoms with Crippen LogP contribution < -0.4 is 4.90 Å². The van der Waals surface area contributed by atoms with Crippen LogP contribution in [0, 0.1) is 10.1 Å². The van der Waals surface area contributed by atoms with Gasteiger partial charge in [0.25, 0.3) is 5.69 Å². The Morgan fingerprint density at radius 3 is 2.24 bits per heavy atom. The SMILES string of the molecule is O=C1C=CC(=CC=C2C=C[NH+](Cc3cccc([N+](=O)[O-])c3)C=C2)C=C1. The molecule has 0 aromatic heterocycles. The summed E-state index contributed by atoms with van der Waals surface area (Å²) in [6, 6.07) is 6.70. The molecule has 124 valence electrons. The van der Waals surface area contributed by atoms with E-state index in [0.717, 1.165) is 21.6 Å². The first kappa shape index (κ1) is 16.5. The van der Waals surface area contributed by atoms with Crippen molar-refractivity contribution in [2.75, 3.05) is 0 Å². The number of quaternary nitrogens is 1. The highest BCUT2D eigenvalue weighted by molar-refractivity contribution is 6.01. The lowest BCUT2D eigenvalue weighted by molar-refractivity contribution is -0.806. The third kappa shape index (κ3) is 4.59. The van der Waals surface area contributed by atoms with Crippen molar-refractivity contribution in [3.63, 3.8) is 0 Å². The van der Waals surface area contributed by atoms with Gasteiger partial charge in [-0.3, -0.25) is 19.8 Å². The molecule has 0 spiro atoms. The molecule has 0 saturated carbocycles. The Bertz CT molecular complexity index is 852. The van der Waals surface area contributed by atoms with E-state index < -0.39 is 0 Å². The van der Waals surface area contributed by atoms with E-state index in [4.69, 9.17) is 0 Å². The van der Waals surface area contributed by atoms with Crippen LogP contribution in [0.1, 0.15) is 5.56 Å². The van der Waals surface area contributed by atoms with Crippen LogP contribution in [0.15, 0.2) is 96.4 Å². The molecule has 0 unspecified atom stereocenters. The summed E-state index contributed by atoms with van der Waals surface area (Å²) in [5.41, 5.74) is 3.05. The number of hydrogen-bond acceptors (Lipinski definition) is 3. The van der Waals surface area contributed by atoms with Crippen LogP contribution in [0.4, 0.5) is 5.69 Å². The summed E-state index contributed by atoms with van der Waals surface area (Å²) in [7, 11) is 0. The van der Waals surface area contributed by atoms with E-state index in [9.17, 15) is 14.9 Å². The Morgan fingerprint density at radius 1 is 0.960 bits per heavy atom. The van der Waals surface area contributed by atoms with Crippen LogP contribution in [0.3, 0.4) is 0 Å². The van der Waals surface area contributed by atoms with Crippen LogP contribution in [-0.4, -0.2) is 10.7 Å². The van der Waals surface area contributed by atoms with Crippen LogP contribution >= 0.6 is 0 Å². The van der Waals surface area contributed by atoms with E-state index in [0.29, 0.717) is 6.54 Å². The molecule has 25 heavy (non-hydrogen) atoms. The van der Waals surface area contributed by atoms with Crippen molar-refractivity contribution in [3.05, 3.63) is 112 Å². The summed E-state index contributed by atoms with van der Waals surface area (Å²) < 4.78 is 0. The van der Waals surface area contributed by atoms with Gasteiger partial charge in [0.15, 0.2) is 5.78 Å². The van der Waals surface area contributed by atoms with E-state index in [-0.39, 0.29) is 16.4 Å². The minimum atomic E-state index is -0.378. The molecule has 3 rings (SSSR count). The maximum Gasteiger partial charge on any atom is 0.269 e. The van der Waals surface area contributed by atoms with Crippen LogP contribution in [-0.2, 0) is 11.3 Å². The summed E-state index contributed by atoms with van der Waals surface area (Å²) in [4.78, 5) is 22.6. The van der Waals surface area contributed by atoms with E-state index in [1.165, 1.54) is 6.07 Å². The predicted molar refractivity (Wildman–Crippen MR) is 95.5 cm³/mol. The van der Waals surface area contributed by atoms with E-state index in [1.54, 1.807) is 36.4 Å². The smallest absolute Gasteiger partial charge is 0.269 e. The number of carbonyl (C=O) groups excluding carboxylic acids is 1. The molecule has 1 aromatic carbocycles. The molecule has 0 fully saturated rings. The minimum Gasteiger partial charge on any atom is -0.290 e. The molecule has 5 heteroatoms. The molecule has 0 saturated heterocycles. The predicted octanol–water partition coefficient (Wildman–Crippen LogP) is 2.57. The molecule has 0 radical (unpaired) electrons. The Morgan fingerprint density at radius 2 is 1.60 bits per heavy atom. The van der Waals surface area contributed by atoms with Crippen molar-refractivity contribution in [3.8, 4) is 0 Å². The number of hydrogen-bond donors (Lipinski definition) is 1. The van der Waals surface area contributed by atoms with Gasteiger partial charge < -0.3 is 0 Å². The minimum absolute atomic E-state index is 0.00246. The third-order valence-electron chi connectivity index (χ3n) is 3.86. The number of rotatable bonds is 4. The molecule has 0 bridgehead atoms. The number of nitro groups is 1. The van der Waals surface area contributed by atoms with Gasteiger partial charge in [0.1, 0.15) is 6.54 Å². The van der Waals surface area contributed by atoms with Gasteiger partial charge in [-0.15, -0.1) is 0 Å². The van der Waals surface area contributed by atoms with E-state index in [2.05, 4.69) is 0 Å². The number of nitro benzene ring substituents is 1. The molecule has 1 aromatic rings. The second-order valence-electron chi connectivity index (χ2n) is 5.75. The molecule has 1 aliphatic heterocycles. The average Bonchev–Trinajstić information content (AvgIpc) is 2.63. The first-order valence-electron chi connectivity index (χ1n) is 7.87. The molecule has 5 nitrogen and oxygen atoms in total. The Kier molecular flexibility index (Phi) is 4.97. The van der Waals surface area contributed by atoms with Gasteiger partial charge in [0.2, 0.25) is 0 Å². The lowest BCUT2D eigenvalue weighted by Crippen LogP contribution is -3.01. The second-order valence-corrected chi connectivity index (χ2v) is 5.75. The summed E-state index contributed by atoms with van der Waals surface area (Å²) >= 11 is 0. The van der Waals surface area contributed by atoms with Gasteiger partial charge in [0, 0.05) is 17.7 Å². The van der Waals surface area contributed by atoms with Crippen molar-refractivity contribution in [1.82, 2.24) is 0 Å². The van der Waals surface area contributed by atoms with Crippen molar-refractivity contribution < 1.29 is 14.6 Å². The number of benzene rings is 1. The van der Waals surface area contributed by atoms with E-state index >= 15 is 0 Å². The van der Waals surface area contributed by atoms with Crippen LogP contribution in [0.25, 0.3) is 0 Å². The largest absolute Gasteiger partial charge is 0.290 e. The molecule has 1 heterocycles. The van der Waals surface area contributed by atoms with Crippen molar-refractivity contribution in [2.45, 2.75) is 6.54 Å². The number of nitrogens with one attached hydrogen (secondary N) is 1. The number of carbonyl (C=O) groups is 1. The van der Waals surface area contributed by atoms with Crippen LogP contribution in [0.5, 0.6) is 0 Å². The quantitative estimate of drug-likeness (QED) is 0.680. The highest BCUT2D eigenvalue weighted by Crippen LogP contribution is 2.13. The van der Waals surface area contributed by atoms with Gasteiger partial charge >= 0.3 is 0 Å². The first-order chi connectivity index (χ1) is 12.1. The number of non-ortho nitro benzene ring substituents is 1. The number of nitrogens with zero attached hydrogens (tertiary/aromatic N) is 1. The summed E-state index contributed by atoms with van der Waals surface area (Å²) in [6.07, 6.45) is 18.6. The number of allylic oxidation sites excluding steroid dienone is 10. The fourth-order valence-electron chi connectivity index (χ4n) is 2.53. The van der Waals surface area contributed by atoms with Gasteiger partial charge in [-0.2, -0.15) is 0 Å². The van der Waals surface area contributed by atoms with Crippen molar-refractivity contribution >= 4 is 11.5 Å². The van der Waals surface area contributed by atoms with Gasteiger partial charge in [-0.1, -0.05) is 36.4 Å². The number of ketones is 1. The lowest BCUT2D eigenvalue weighted by atomic mass is 10.1. The summed E-state index contributed by atoms with van der Waals surface area (Å²) in [6.45, 7) is 0.649. The van der Waals surface area contributed by atoms with Gasteiger partial charge in [-0.05, 0) is 35.5 Å². The second kappa shape index (κ2) is 7.51. The van der Waals surface area contributed by atoms with Crippen molar-refractivity contribution in [2.24, 2.45) is 0 Å². The molecule has 1 aliphatic carbocycles. The zero-order valence-electron chi connectivity index (χ0n) is 13.5. The monoisotopic (exact) mass is 333 g/mol. The van der Waals surface area contributed by atoms with Gasteiger partial charge in [0.05, 0.1) is 17.3 Å². The standard InChI is InChI=1S/C20H16N2O3/c23-20-8-6-16(7-9-20)4-5-17-10-12-21(13-11-17)15-18-2-1-3-19(14-18)22(24)25/h1-14H,15H2/p+1. The molecular weight excluding hydrogens is 316 g/mol. The van der Waals surface area contributed by atoms with Crippen molar-refractivity contribution in [1.29, 1.82) is 0 Å². The Balaban J connectivity index is 1.63. The Labute approximate surface area is 145 Å². The first-order valence-corrected chi connectivity index (χ1v) is 7.87. The molecule has 2 aliphatic rings. The van der Waals surface area contributed by atoms with Gasteiger partial charge in [-0.25, -0.2) is 0 Å². The third-order valence-corrected chi connectivity index (χ3v) is 3.86. The zero-order valence-corrected chi connectivity index (χ0v) is 13.5. The fourth-order valence-corrected chi connectivity index (χ4v) is 2.53. The van der Waals surface area contributed by atoms with Crippen LogP contribution in [0.2, 0.25) is 0 Å². The highest BCUT2D eigenvalue weighted by Gasteiger charge is 2.11. The molecule has 0 amide bonds. The summed E-state index contributed by atoms with van der Waals surface area (Å²) in [5, 5.41) is 10.8. The lowest BCUT2D eigenvalue weighted by Gasteiger charge is -2.12. The molecule has 0 atom stereocenters. The fraction of sp³-hybridized carbons (Fsp3) is 0.0500. The average molecular weight is 333 g/mol. The molecule has 1 N–H and O–H groups in total. The Hall–Kier alpha value is -3.31. The molecular formula is C20H17N2O3+. The summed E-state index contributed by atoms with van der Waals surface area (Å²) in [5.74, 6) is 0.00246.